The number of aromatic nitrogens is 1. The number of carbonyl (C=O) groups excluding carboxylic acids is 1. The molecular formula is C11H15N3O2. The van der Waals surface area contributed by atoms with Crippen LogP contribution < -0.4 is 5.32 Å². The maximum absolute atomic E-state index is 12.0. The van der Waals surface area contributed by atoms with E-state index in [4.69, 9.17) is 4.52 Å². The number of amides is 1. The van der Waals surface area contributed by atoms with Crippen molar-refractivity contribution in [1.29, 1.82) is 0 Å². The van der Waals surface area contributed by atoms with Crippen molar-refractivity contribution < 1.29 is 9.32 Å². The minimum absolute atomic E-state index is 0.0167. The van der Waals surface area contributed by atoms with Crippen LogP contribution in [0.4, 0.5) is 5.88 Å². The molecule has 1 atom stereocenters. The molecule has 1 saturated carbocycles. The van der Waals surface area contributed by atoms with Gasteiger partial charge < -0.3 is 4.52 Å². The van der Waals surface area contributed by atoms with E-state index in [1.807, 2.05) is 7.05 Å². The first-order valence-corrected chi connectivity index (χ1v) is 5.60. The van der Waals surface area contributed by atoms with Crippen molar-refractivity contribution in [3.63, 3.8) is 0 Å². The molecule has 1 aromatic rings. The zero-order valence-electron chi connectivity index (χ0n) is 9.27. The fourth-order valence-corrected chi connectivity index (χ4v) is 2.59. The number of nitrogens with one attached hydrogen (secondary N) is 1. The summed E-state index contributed by atoms with van der Waals surface area (Å²) in [6.07, 6.45) is 5.03. The molecule has 1 aromatic heterocycles. The van der Waals surface area contributed by atoms with Crippen LogP contribution in [0.5, 0.6) is 0 Å². The van der Waals surface area contributed by atoms with Gasteiger partial charge in [0, 0.05) is 12.6 Å². The Kier molecular flexibility index (Phi) is 2.04. The number of likely N-dealkylation sites (N-methyl/N-ethyl adjacent to an activating group) is 1. The van der Waals surface area contributed by atoms with E-state index in [-0.39, 0.29) is 11.9 Å². The SMILES string of the molecule is CN1CC2(CC2)CC1C(=O)Nc1ccno1. The second kappa shape index (κ2) is 3.31. The monoisotopic (exact) mass is 221 g/mol. The maximum Gasteiger partial charge on any atom is 0.244 e. The predicted octanol–water partition coefficient (Wildman–Crippen LogP) is 1.10. The zero-order valence-corrected chi connectivity index (χ0v) is 9.27. The maximum atomic E-state index is 12.0. The molecule has 5 heteroatoms. The van der Waals surface area contributed by atoms with Crippen molar-refractivity contribution in [3.8, 4) is 0 Å². The Hall–Kier alpha value is -1.36. The first-order chi connectivity index (χ1) is 7.69. The average Bonchev–Trinajstić information content (AvgIpc) is 2.68. The fourth-order valence-electron chi connectivity index (χ4n) is 2.59. The summed E-state index contributed by atoms with van der Waals surface area (Å²) in [5.74, 6) is 0.443. The number of hydrogen-bond acceptors (Lipinski definition) is 4. The van der Waals surface area contributed by atoms with Crippen molar-refractivity contribution in [3.05, 3.63) is 12.3 Å². The molecule has 1 aliphatic carbocycles. The summed E-state index contributed by atoms with van der Waals surface area (Å²) in [6.45, 7) is 1.04. The van der Waals surface area contributed by atoms with Crippen LogP contribution in [0.15, 0.2) is 16.8 Å². The largest absolute Gasteiger partial charge is 0.338 e. The molecule has 1 saturated heterocycles. The van der Waals surface area contributed by atoms with Gasteiger partial charge >= 0.3 is 0 Å². The average molecular weight is 221 g/mol. The lowest BCUT2D eigenvalue weighted by atomic mass is 10.0. The molecule has 1 N–H and O–H groups in total. The highest BCUT2D eigenvalue weighted by Crippen LogP contribution is 2.54. The predicted molar refractivity (Wildman–Crippen MR) is 57.8 cm³/mol. The van der Waals surface area contributed by atoms with Crippen molar-refractivity contribution in [1.82, 2.24) is 10.1 Å². The standard InChI is InChI=1S/C11H15N3O2/c1-14-7-11(3-4-11)6-8(14)10(15)13-9-2-5-12-16-9/h2,5,8H,3-4,6-7H2,1H3,(H,13,15). The molecule has 0 bridgehead atoms. The Morgan fingerprint density at radius 1 is 1.69 bits per heavy atom. The highest BCUT2D eigenvalue weighted by atomic mass is 16.5. The Labute approximate surface area is 93.8 Å². The van der Waals surface area contributed by atoms with Gasteiger partial charge in [0.2, 0.25) is 11.8 Å². The van der Waals surface area contributed by atoms with E-state index in [1.165, 1.54) is 19.0 Å². The highest BCUT2D eigenvalue weighted by molar-refractivity contribution is 5.94. The van der Waals surface area contributed by atoms with Gasteiger partial charge in [0.25, 0.3) is 0 Å². The number of hydrogen-bond donors (Lipinski definition) is 1. The van der Waals surface area contributed by atoms with Crippen LogP contribution in [0.1, 0.15) is 19.3 Å². The summed E-state index contributed by atoms with van der Waals surface area (Å²) in [7, 11) is 2.01. The second-order valence-electron chi connectivity index (χ2n) is 5.00. The van der Waals surface area contributed by atoms with Crippen LogP contribution >= 0.6 is 0 Å². The van der Waals surface area contributed by atoms with Gasteiger partial charge in [-0.15, -0.1) is 0 Å². The van der Waals surface area contributed by atoms with E-state index in [2.05, 4.69) is 15.4 Å². The van der Waals surface area contributed by atoms with Crippen LogP contribution in [0.25, 0.3) is 0 Å². The highest BCUT2D eigenvalue weighted by Gasteiger charge is 2.52. The molecule has 1 spiro atoms. The molecule has 2 heterocycles. The van der Waals surface area contributed by atoms with Crippen LogP contribution in [0.3, 0.4) is 0 Å². The Morgan fingerprint density at radius 2 is 2.50 bits per heavy atom. The van der Waals surface area contributed by atoms with Crippen molar-refractivity contribution in [2.45, 2.75) is 25.3 Å². The Balaban J connectivity index is 1.66. The molecule has 1 unspecified atom stereocenters. The quantitative estimate of drug-likeness (QED) is 0.812. The number of carbonyl (C=O) groups is 1. The number of rotatable bonds is 2. The lowest BCUT2D eigenvalue weighted by Crippen LogP contribution is -2.36. The summed E-state index contributed by atoms with van der Waals surface area (Å²) < 4.78 is 4.87. The number of nitrogens with zero attached hydrogens (tertiary/aromatic N) is 2. The third-order valence-corrected chi connectivity index (χ3v) is 3.69. The van der Waals surface area contributed by atoms with Gasteiger partial charge in [0.05, 0.1) is 12.2 Å². The van der Waals surface area contributed by atoms with Gasteiger partial charge in [0.1, 0.15) is 0 Å². The minimum Gasteiger partial charge on any atom is -0.338 e. The Bertz CT molecular complexity index is 397. The third-order valence-electron chi connectivity index (χ3n) is 3.69. The summed E-state index contributed by atoms with van der Waals surface area (Å²) in [6, 6.07) is 1.63. The van der Waals surface area contributed by atoms with E-state index in [0.29, 0.717) is 11.3 Å². The molecule has 86 valence electrons. The molecule has 1 amide bonds. The fraction of sp³-hybridized carbons (Fsp3) is 0.636. The molecule has 0 aromatic carbocycles. The van der Waals surface area contributed by atoms with Gasteiger partial charge in [-0.2, -0.15) is 0 Å². The summed E-state index contributed by atoms with van der Waals surface area (Å²) in [5, 5.41) is 6.31. The molecular weight excluding hydrogens is 206 g/mol. The van der Waals surface area contributed by atoms with E-state index in [9.17, 15) is 4.79 Å². The van der Waals surface area contributed by atoms with Crippen LogP contribution in [0, 0.1) is 5.41 Å². The van der Waals surface area contributed by atoms with E-state index >= 15 is 0 Å². The smallest absolute Gasteiger partial charge is 0.244 e. The molecule has 1 aliphatic heterocycles. The zero-order chi connectivity index (χ0) is 11.2. The lowest BCUT2D eigenvalue weighted by molar-refractivity contribution is -0.120. The Morgan fingerprint density at radius 3 is 3.06 bits per heavy atom. The first-order valence-electron chi connectivity index (χ1n) is 5.60. The molecule has 3 rings (SSSR count). The van der Waals surface area contributed by atoms with Gasteiger partial charge in [-0.05, 0) is 31.7 Å². The van der Waals surface area contributed by atoms with Gasteiger partial charge in [0.15, 0.2) is 0 Å². The normalized spacial score (nSPS) is 27.2. The minimum atomic E-state index is -0.0207. The second-order valence-corrected chi connectivity index (χ2v) is 5.00. The van der Waals surface area contributed by atoms with Crippen LogP contribution in [-0.4, -0.2) is 35.6 Å². The van der Waals surface area contributed by atoms with Gasteiger partial charge in [-0.1, -0.05) is 5.16 Å². The van der Waals surface area contributed by atoms with E-state index in [1.54, 1.807) is 6.07 Å². The van der Waals surface area contributed by atoms with Gasteiger partial charge in [-0.25, -0.2) is 0 Å². The molecule has 2 fully saturated rings. The molecule has 0 radical (unpaired) electrons. The van der Waals surface area contributed by atoms with Crippen molar-refractivity contribution in [2.75, 3.05) is 18.9 Å². The topological polar surface area (TPSA) is 58.4 Å². The van der Waals surface area contributed by atoms with Gasteiger partial charge in [-0.3, -0.25) is 15.0 Å². The molecule has 2 aliphatic rings. The van der Waals surface area contributed by atoms with Crippen molar-refractivity contribution in [2.24, 2.45) is 5.41 Å². The third kappa shape index (κ3) is 1.61. The number of anilines is 1. The summed E-state index contributed by atoms with van der Waals surface area (Å²) in [5.41, 5.74) is 0.443. The van der Waals surface area contributed by atoms with E-state index < -0.39 is 0 Å². The molecule has 16 heavy (non-hydrogen) atoms. The number of likely N-dealkylation sites (tertiary alicyclic amines) is 1. The van der Waals surface area contributed by atoms with E-state index in [0.717, 1.165) is 13.0 Å². The first kappa shape index (κ1) is 9.84. The van der Waals surface area contributed by atoms with Crippen LogP contribution in [-0.2, 0) is 4.79 Å². The van der Waals surface area contributed by atoms with Crippen molar-refractivity contribution >= 4 is 11.8 Å². The summed E-state index contributed by atoms with van der Waals surface area (Å²) >= 11 is 0. The molecule has 5 nitrogen and oxygen atoms in total. The lowest BCUT2D eigenvalue weighted by Gasteiger charge is -2.17. The van der Waals surface area contributed by atoms with Crippen LogP contribution in [0.2, 0.25) is 0 Å². The summed E-state index contributed by atoms with van der Waals surface area (Å²) in [4.78, 5) is 14.1.